The maximum Gasteiger partial charge on any atom is 0.446 e. The molecule has 2 heterocycles. The van der Waals surface area contributed by atoms with Crippen molar-refractivity contribution in [3.63, 3.8) is 0 Å². The van der Waals surface area contributed by atoms with E-state index in [1.54, 1.807) is 0 Å². The predicted octanol–water partition coefficient (Wildman–Crippen LogP) is -3.52. The summed E-state index contributed by atoms with van der Waals surface area (Å²) in [5.41, 5.74) is -2.57. The summed E-state index contributed by atoms with van der Waals surface area (Å²) in [6.45, 7) is -1.42. The highest BCUT2D eigenvalue weighted by Crippen LogP contribution is 2.37. The fourth-order valence-corrected chi connectivity index (χ4v) is 1.70. The van der Waals surface area contributed by atoms with Crippen LogP contribution in [0.2, 0.25) is 0 Å². The third-order valence-corrected chi connectivity index (χ3v) is 2.73. The van der Waals surface area contributed by atoms with E-state index >= 15 is 0 Å². The van der Waals surface area contributed by atoms with Gasteiger partial charge in [-0.1, -0.05) is 0 Å². The number of rotatable bonds is 1. The van der Waals surface area contributed by atoms with E-state index in [2.05, 4.69) is 14.2 Å². The number of fused-ring (bicyclic) bond motifs is 3. The normalized spacial score (nSPS) is 42.6. The molecule has 106 valence electrons. The molecule has 2 aliphatic heterocycles. The van der Waals surface area contributed by atoms with Gasteiger partial charge in [0.25, 0.3) is 0 Å². The summed E-state index contributed by atoms with van der Waals surface area (Å²) >= 11 is 0. The first-order valence-corrected chi connectivity index (χ1v) is 5.09. The van der Waals surface area contributed by atoms with Crippen LogP contribution in [-0.2, 0) is 28.6 Å². The Labute approximate surface area is 105 Å². The molecule has 2 bridgehead atoms. The molecule has 19 heavy (non-hydrogen) atoms. The van der Waals surface area contributed by atoms with Crippen LogP contribution in [0.15, 0.2) is 0 Å². The average molecular weight is 278 g/mol. The summed E-state index contributed by atoms with van der Waals surface area (Å²) in [7, 11) is 0. The Bertz CT molecular complexity index is 460. The van der Waals surface area contributed by atoms with Crippen molar-refractivity contribution >= 4 is 17.9 Å². The Balaban J connectivity index is 2.57. The zero-order valence-electron chi connectivity index (χ0n) is 9.36. The number of hydrogen-bond donors (Lipinski definition) is 4. The number of aliphatic hydroxyl groups excluding tert-OH is 1. The molecule has 10 nitrogen and oxygen atoms in total. The zero-order valence-corrected chi connectivity index (χ0v) is 9.36. The first kappa shape index (κ1) is 13.7. The Morgan fingerprint density at radius 1 is 0.947 bits per heavy atom. The summed E-state index contributed by atoms with van der Waals surface area (Å²) in [6.07, 6.45) is -2.00. The number of esters is 3. The maximum atomic E-state index is 11.6. The number of hydrogen-bond acceptors (Lipinski definition) is 10. The van der Waals surface area contributed by atoms with Crippen LogP contribution >= 0.6 is 0 Å². The maximum absolute atomic E-state index is 11.6. The van der Waals surface area contributed by atoms with Gasteiger partial charge in [0.2, 0.25) is 0 Å². The molecule has 0 spiro atoms. The summed E-state index contributed by atoms with van der Waals surface area (Å²) in [4.78, 5) is 34.4. The lowest BCUT2D eigenvalue weighted by atomic mass is 9.95. The van der Waals surface area contributed by atoms with Crippen LogP contribution in [0.3, 0.4) is 0 Å². The van der Waals surface area contributed by atoms with Crippen molar-refractivity contribution < 1.29 is 49.0 Å². The summed E-state index contributed by atoms with van der Waals surface area (Å²) in [6, 6.07) is 0. The highest BCUT2D eigenvalue weighted by Gasteiger charge is 2.67. The molecule has 0 radical (unpaired) electrons. The van der Waals surface area contributed by atoms with Crippen LogP contribution in [0.25, 0.3) is 0 Å². The number of aliphatic hydroxyl groups is 4. The molecule has 0 aromatic rings. The lowest BCUT2D eigenvalue weighted by Gasteiger charge is -2.38. The van der Waals surface area contributed by atoms with Crippen molar-refractivity contribution in [3.05, 3.63) is 0 Å². The van der Waals surface area contributed by atoms with Gasteiger partial charge in [-0.15, -0.1) is 0 Å². The third-order valence-electron chi connectivity index (χ3n) is 2.73. The minimum Gasteiger partial charge on any atom is -0.420 e. The topological polar surface area (TPSA) is 160 Å². The highest BCUT2D eigenvalue weighted by atomic mass is 16.9. The van der Waals surface area contributed by atoms with Gasteiger partial charge in [0.1, 0.15) is 6.61 Å². The minimum absolute atomic E-state index is 0.981. The van der Waals surface area contributed by atoms with Gasteiger partial charge in [0.15, 0.2) is 5.60 Å². The van der Waals surface area contributed by atoms with Crippen molar-refractivity contribution in [2.75, 3.05) is 6.61 Å². The SMILES string of the molecule is O=C1CC2(O)CC(=O)OC(O)(OC2=O)C(O)(CO)O1. The van der Waals surface area contributed by atoms with Crippen LogP contribution < -0.4 is 0 Å². The van der Waals surface area contributed by atoms with Crippen LogP contribution in [0.5, 0.6) is 0 Å². The average Bonchev–Trinajstić information content (AvgIpc) is 2.31. The lowest BCUT2D eigenvalue weighted by Crippen LogP contribution is -2.65. The second-order valence-corrected chi connectivity index (χ2v) is 4.25. The van der Waals surface area contributed by atoms with Gasteiger partial charge in [-0.05, 0) is 0 Å². The molecule has 3 atom stereocenters. The van der Waals surface area contributed by atoms with E-state index in [0.717, 1.165) is 0 Å². The first-order chi connectivity index (χ1) is 8.64. The lowest BCUT2D eigenvalue weighted by molar-refractivity contribution is -0.448. The number of cyclic esters (lactones) is 1. The van der Waals surface area contributed by atoms with Gasteiger partial charge < -0.3 is 34.6 Å². The fraction of sp³-hybridized carbons (Fsp3) is 0.667. The molecule has 0 aromatic carbocycles. The summed E-state index contributed by atoms with van der Waals surface area (Å²) in [5, 5.41) is 38.4. The molecule has 2 rings (SSSR count). The van der Waals surface area contributed by atoms with E-state index in [4.69, 9.17) is 5.11 Å². The largest absolute Gasteiger partial charge is 0.446 e. The smallest absolute Gasteiger partial charge is 0.420 e. The van der Waals surface area contributed by atoms with Crippen molar-refractivity contribution in [1.29, 1.82) is 0 Å². The van der Waals surface area contributed by atoms with E-state index in [9.17, 15) is 29.7 Å². The highest BCUT2D eigenvalue weighted by molar-refractivity contribution is 5.92. The molecule has 4 N–H and O–H groups in total. The van der Waals surface area contributed by atoms with Crippen LogP contribution in [0.1, 0.15) is 12.8 Å². The molecule has 2 fully saturated rings. The quantitative estimate of drug-likeness (QED) is 0.354. The van der Waals surface area contributed by atoms with E-state index in [-0.39, 0.29) is 0 Å². The molecule has 0 saturated carbocycles. The Kier molecular flexibility index (Phi) is 2.79. The molecular weight excluding hydrogens is 268 g/mol. The summed E-state index contributed by atoms with van der Waals surface area (Å²) < 4.78 is 12.8. The predicted molar refractivity (Wildman–Crippen MR) is 49.4 cm³/mol. The fourth-order valence-electron chi connectivity index (χ4n) is 1.70. The van der Waals surface area contributed by atoms with Gasteiger partial charge in [-0.2, -0.15) is 0 Å². The standard InChI is InChI=1S/C9H10O10/c10-3-8(15)9(16)18-5(12)2-7(14,6(13)19-9)1-4(11)17-8/h10,14-16H,1-3H2. The van der Waals surface area contributed by atoms with Crippen molar-refractivity contribution in [2.24, 2.45) is 0 Å². The zero-order chi connectivity index (χ0) is 14.5. The van der Waals surface area contributed by atoms with E-state index < -0.39 is 54.7 Å². The van der Waals surface area contributed by atoms with E-state index in [1.807, 2.05) is 0 Å². The first-order valence-electron chi connectivity index (χ1n) is 5.09. The Hall–Kier alpha value is -1.75. The van der Waals surface area contributed by atoms with Gasteiger partial charge in [-0.25, -0.2) is 4.79 Å². The van der Waals surface area contributed by atoms with E-state index in [0.29, 0.717) is 0 Å². The second-order valence-electron chi connectivity index (χ2n) is 4.25. The Morgan fingerprint density at radius 2 is 1.47 bits per heavy atom. The van der Waals surface area contributed by atoms with Crippen LogP contribution in [0.4, 0.5) is 0 Å². The molecule has 0 aromatic heterocycles. The van der Waals surface area contributed by atoms with Crippen LogP contribution in [0, 0.1) is 0 Å². The number of ether oxygens (including phenoxy) is 3. The number of carbonyl (C=O) groups is 3. The molecule has 2 aliphatic rings. The van der Waals surface area contributed by atoms with E-state index in [1.165, 1.54) is 0 Å². The van der Waals surface area contributed by atoms with Crippen LogP contribution in [-0.4, -0.2) is 62.3 Å². The van der Waals surface area contributed by atoms with Gasteiger partial charge in [0.05, 0.1) is 12.8 Å². The Morgan fingerprint density at radius 3 is 2.00 bits per heavy atom. The molecule has 0 amide bonds. The second kappa shape index (κ2) is 3.87. The van der Waals surface area contributed by atoms with Crippen molar-refractivity contribution in [2.45, 2.75) is 30.2 Å². The number of carbonyl (C=O) groups excluding carboxylic acids is 3. The van der Waals surface area contributed by atoms with Crippen molar-refractivity contribution in [3.8, 4) is 0 Å². The molecule has 3 unspecified atom stereocenters. The molecular formula is C9H10O10. The molecule has 0 aliphatic carbocycles. The summed E-state index contributed by atoms with van der Waals surface area (Å²) in [5.74, 6) is -10.9. The molecule has 2 saturated heterocycles. The monoisotopic (exact) mass is 278 g/mol. The van der Waals surface area contributed by atoms with Gasteiger partial charge in [0, 0.05) is 0 Å². The van der Waals surface area contributed by atoms with Gasteiger partial charge in [-0.3, -0.25) is 9.59 Å². The van der Waals surface area contributed by atoms with Crippen molar-refractivity contribution in [1.82, 2.24) is 0 Å². The third kappa shape index (κ3) is 1.94. The minimum atomic E-state index is -3.45. The molecule has 10 heteroatoms. The van der Waals surface area contributed by atoms with Gasteiger partial charge >= 0.3 is 29.7 Å².